The Labute approximate surface area is 137 Å². The Morgan fingerprint density at radius 2 is 2.35 bits per heavy atom. The second kappa shape index (κ2) is 6.40. The van der Waals surface area contributed by atoms with Gasteiger partial charge in [-0.05, 0) is 55.5 Å². The zero-order valence-corrected chi connectivity index (χ0v) is 14.0. The van der Waals surface area contributed by atoms with Gasteiger partial charge < -0.3 is 20.1 Å². The van der Waals surface area contributed by atoms with Gasteiger partial charge in [-0.1, -0.05) is 6.92 Å². The number of nitrogens with zero attached hydrogens (tertiary/aromatic N) is 1. The van der Waals surface area contributed by atoms with E-state index in [0.717, 1.165) is 36.6 Å². The summed E-state index contributed by atoms with van der Waals surface area (Å²) in [5.41, 5.74) is 6.96. The van der Waals surface area contributed by atoms with Gasteiger partial charge >= 0.3 is 0 Å². The van der Waals surface area contributed by atoms with Crippen LogP contribution in [0.1, 0.15) is 25.8 Å². The van der Waals surface area contributed by atoms with E-state index in [0.29, 0.717) is 26.2 Å². The molecule has 126 valence electrons. The van der Waals surface area contributed by atoms with E-state index in [4.69, 9.17) is 15.2 Å². The summed E-state index contributed by atoms with van der Waals surface area (Å²) in [5.74, 6) is 1.78. The first-order valence-electron chi connectivity index (χ1n) is 8.42. The topological polar surface area (TPSA) is 64.8 Å². The average molecular weight is 318 g/mol. The fraction of sp³-hybridized carbons (Fsp3) is 0.611. The number of hydrogen-bond acceptors (Lipinski definition) is 4. The quantitative estimate of drug-likeness (QED) is 0.920. The summed E-state index contributed by atoms with van der Waals surface area (Å²) in [6, 6.07) is 5.84. The summed E-state index contributed by atoms with van der Waals surface area (Å²) in [6.45, 7) is 7.38. The molecule has 0 aromatic heterocycles. The summed E-state index contributed by atoms with van der Waals surface area (Å²) in [7, 11) is 0. The van der Waals surface area contributed by atoms with Gasteiger partial charge in [0.15, 0.2) is 0 Å². The molecule has 0 aliphatic carbocycles. The fourth-order valence-corrected chi connectivity index (χ4v) is 3.42. The minimum Gasteiger partial charge on any atom is -0.494 e. The highest BCUT2D eigenvalue weighted by Crippen LogP contribution is 2.34. The van der Waals surface area contributed by atoms with Crippen molar-refractivity contribution in [3.05, 3.63) is 23.8 Å². The van der Waals surface area contributed by atoms with Crippen LogP contribution in [0.4, 0.5) is 0 Å². The van der Waals surface area contributed by atoms with Gasteiger partial charge in [-0.25, -0.2) is 0 Å². The molecule has 1 aromatic rings. The van der Waals surface area contributed by atoms with E-state index in [1.807, 2.05) is 30.0 Å². The lowest BCUT2D eigenvalue weighted by molar-refractivity contribution is -0.136. The molecule has 2 heterocycles. The maximum Gasteiger partial charge on any atom is 0.229 e. The Hall–Kier alpha value is -1.75. The predicted octanol–water partition coefficient (Wildman–Crippen LogP) is 1.83. The second-order valence-corrected chi connectivity index (χ2v) is 6.94. The minimum absolute atomic E-state index is 0.0607. The Morgan fingerprint density at radius 1 is 1.52 bits per heavy atom. The number of hydrogen-bond donors (Lipinski definition) is 1. The lowest BCUT2D eigenvalue weighted by atomic mass is 9.90. The van der Waals surface area contributed by atoms with E-state index in [2.05, 4.69) is 6.92 Å². The fourth-order valence-electron chi connectivity index (χ4n) is 3.42. The number of carbonyl (C=O) groups is 1. The molecule has 0 radical (unpaired) electrons. The smallest absolute Gasteiger partial charge is 0.229 e. The van der Waals surface area contributed by atoms with Crippen molar-refractivity contribution >= 4 is 5.91 Å². The van der Waals surface area contributed by atoms with Crippen LogP contribution in [0.2, 0.25) is 0 Å². The standard InChI is InChI=1S/C18H26N2O3/c1-3-22-15-4-5-16-13(9-15)8-14(10-23-16)17(21)20-7-6-18(2,11-19)12-20/h4-5,9,14H,3,6-8,10-12,19H2,1-2H3. The first-order valence-corrected chi connectivity index (χ1v) is 8.42. The molecular formula is C18H26N2O3. The van der Waals surface area contributed by atoms with Crippen molar-refractivity contribution in [1.82, 2.24) is 4.90 Å². The third-order valence-corrected chi connectivity index (χ3v) is 4.96. The molecule has 0 saturated carbocycles. The highest BCUT2D eigenvalue weighted by molar-refractivity contribution is 5.80. The van der Waals surface area contributed by atoms with Gasteiger partial charge in [0, 0.05) is 13.1 Å². The lowest BCUT2D eigenvalue weighted by Gasteiger charge is -2.29. The van der Waals surface area contributed by atoms with Crippen LogP contribution in [0, 0.1) is 11.3 Å². The average Bonchev–Trinajstić information content (AvgIpc) is 2.97. The van der Waals surface area contributed by atoms with Gasteiger partial charge in [0.05, 0.1) is 12.5 Å². The Bertz CT molecular complexity index is 590. The molecule has 1 aromatic carbocycles. The van der Waals surface area contributed by atoms with Gasteiger partial charge in [-0.2, -0.15) is 0 Å². The molecule has 2 atom stereocenters. The van der Waals surface area contributed by atoms with E-state index >= 15 is 0 Å². The van der Waals surface area contributed by atoms with Crippen LogP contribution in [-0.4, -0.2) is 43.7 Å². The second-order valence-electron chi connectivity index (χ2n) is 6.94. The van der Waals surface area contributed by atoms with Crippen LogP contribution in [0.15, 0.2) is 18.2 Å². The maximum atomic E-state index is 12.8. The predicted molar refractivity (Wildman–Crippen MR) is 88.7 cm³/mol. The monoisotopic (exact) mass is 318 g/mol. The van der Waals surface area contributed by atoms with Crippen molar-refractivity contribution in [2.75, 3.05) is 32.8 Å². The normalized spacial score (nSPS) is 26.6. The van der Waals surface area contributed by atoms with Crippen molar-refractivity contribution in [2.45, 2.75) is 26.7 Å². The van der Waals surface area contributed by atoms with E-state index in [-0.39, 0.29) is 17.2 Å². The minimum atomic E-state index is -0.112. The van der Waals surface area contributed by atoms with Crippen molar-refractivity contribution in [3.63, 3.8) is 0 Å². The molecule has 2 N–H and O–H groups in total. The van der Waals surface area contributed by atoms with Gasteiger partial charge in [-0.3, -0.25) is 4.79 Å². The van der Waals surface area contributed by atoms with Crippen molar-refractivity contribution in [2.24, 2.45) is 17.1 Å². The highest BCUT2D eigenvalue weighted by Gasteiger charge is 2.38. The van der Waals surface area contributed by atoms with Crippen LogP contribution in [0.3, 0.4) is 0 Å². The molecule has 0 spiro atoms. The molecule has 2 unspecified atom stereocenters. The zero-order valence-electron chi connectivity index (χ0n) is 14.0. The number of benzene rings is 1. The number of likely N-dealkylation sites (tertiary alicyclic amines) is 1. The zero-order chi connectivity index (χ0) is 16.4. The number of amides is 1. The molecule has 1 saturated heterocycles. The molecular weight excluding hydrogens is 292 g/mol. The number of nitrogens with two attached hydrogens (primary N) is 1. The van der Waals surface area contributed by atoms with E-state index in [1.54, 1.807) is 0 Å². The van der Waals surface area contributed by atoms with Crippen LogP contribution >= 0.6 is 0 Å². The van der Waals surface area contributed by atoms with Gasteiger partial charge in [0.2, 0.25) is 5.91 Å². The number of fused-ring (bicyclic) bond motifs is 1. The maximum absolute atomic E-state index is 12.8. The summed E-state index contributed by atoms with van der Waals surface area (Å²) >= 11 is 0. The Balaban J connectivity index is 1.69. The molecule has 0 bridgehead atoms. The summed E-state index contributed by atoms with van der Waals surface area (Å²) in [6.07, 6.45) is 1.69. The van der Waals surface area contributed by atoms with Gasteiger partial charge in [0.1, 0.15) is 18.1 Å². The molecule has 2 aliphatic rings. The molecule has 1 amide bonds. The van der Waals surface area contributed by atoms with Crippen molar-refractivity contribution < 1.29 is 14.3 Å². The third kappa shape index (κ3) is 3.29. The van der Waals surface area contributed by atoms with Gasteiger partial charge in [-0.15, -0.1) is 0 Å². The van der Waals surface area contributed by atoms with Crippen LogP contribution in [0.5, 0.6) is 11.5 Å². The number of carbonyl (C=O) groups excluding carboxylic acids is 1. The summed E-state index contributed by atoms with van der Waals surface area (Å²) in [4.78, 5) is 14.8. The SMILES string of the molecule is CCOc1ccc2c(c1)CC(C(=O)N1CCC(C)(CN)C1)CO2. The number of rotatable bonds is 4. The third-order valence-electron chi connectivity index (χ3n) is 4.96. The molecule has 3 rings (SSSR count). The first-order chi connectivity index (χ1) is 11.0. The Morgan fingerprint density at radius 3 is 3.04 bits per heavy atom. The largest absolute Gasteiger partial charge is 0.494 e. The van der Waals surface area contributed by atoms with E-state index in [1.165, 1.54) is 0 Å². The molecule has 2 aliphatic heterocycles. The summed E-state index contributed by atoms with van der Waals surface area (Å²) in [5, 5.41) is 0. The number of ether oxygens (including phenoxy) is 2. The van der Waals surface area contributed by atoms with E-state index in [9.17, 15) is 4.79 Å². The molecule has 1 fully saturated rings. The summed E-state index contributed by atoms with van der Waals surface area (Å²) < 4.78 is 11.3. The lowest BCUT2D eigenvalue weighted by Crippen LogP contribution is -2.41. The van der Waals surface area contributed by atoms with Crippen LogP contribution < -0.4 is 15.2 Å². The Kier molecular flexibility index (Phi) is 4.48. The van der Waals surface area contributed by atoms with Crippen molar-refractivity contribution in [3.8, 4) is 11.5 Å². The molecule has 23 heavy (non-hydrogen) atoms. The molecule has 5 nitrogen and oxygen atoms in total. The van der Waals surface area contributed by atoms with E-state index < -0.39 is 0 Å². The molecule has 5 heteroatoms. The van der Waals surface area contributed by atoms with Crippen LogP contribution in [-0.2, 0) is 11.2 Å². The highest BCUT2D eigenvalue weighted by atomic mass is 16.5. The van der Waals surface area contributed by atoms with Gasteiger partial charge in [0.25, 0.3) is 0 Å². The first kappa shape index (κ1) is 16.1. The van der Waals surface area contributed by atoms with Crippen molar-refractivity contribution in [1.29, 1.82) is 0 Å². The van der Waals surface area contributed by atoms with Crippen LogP contribution in [0.25, 0.3) is 0 Å².